The Morgan fingerprint density at radius 2 is 1.87 bits per heavy atom. The largest absolute Gasteiger partial charge is 0.487 e. The van der Waals surface area contributed by atoms with E-state index in [0.717, 1.165) is 16.9 Å². The number of ether oxygens (including phenoxy) is 1. The third kappa shape index (κ3) is 4.35. The van der Waals surface area contributed by atoms with Gasteiger partial charge in [0, 0.05) is 31.5 Å². The molecule has 0 fully saturated rings. The van der Waals surface area contributed by atoms with Crippen molar-refractivity contribution in [3.05, 3.63) is 101 Å². The Bertz CT molecular complexity index is 1200. The van der Waals surface area contributed by atoms with E-state index >= 15 is 0 Å². The van der Waals surface area contributed by atoms with Crippen LogP contribution in [0, 0.1) is 13.8 Å². The van der Waals surface area contributed by atoms with Crippen molar-refractivity contribution < 1.29 is 9.53 Å². The van der Waals surface area contributed by atoms with E-state index in [4.69, 9.17) is 4.74 Å². The molecule has 0 unspecified atom stereocenters. The summed E-state index contributed by atoms with van der Waals surface area (Å²) in [7, 11) is 1.82. The van der Waals surface area contributed by atoms with E-state index in [-0.39, 0.29) is 5.91 Å². The number of nitrogens with zero attached hydrogens (tertiary/aromatic N) is 3. The Labute approximate surface area is 176 Å². The number of fused-ring (bicyclic) bond motifs is 1. The number of pyridine rings is 1. The monoisotopic (exact) mass is 399 g/mol. The highest BCUT2D eigenvalue weighted by Crippen LogP contribution is 2.18. The Hall–Kier alpha value is -3.60. The maximum atomic E-state index is 12.9. The molecule has 152 valence electrons. The molecule has 2 aromatic heterocycles. The second-order valence-corrected chi connectivity index (χ2v) is 7.61. The molecule has 0 atom stereocenters. The number of aromatic nitrogens is 2. The molecule has 0 radical (unpaired) electrons. The van der Waals surface area contributed by atoms with Crippen molar-refractivity contribution in [2.45, 2.75) is 27.0 Å². The number of imidazole rings is 1. The first kappa shape index (κ1) is 19.7. The first-order valence-electron chi connectivity index (χ1n) is 9.97. The Morgan fingerprint density at radius 1 is 1.03 bits per heavy atom. The van der Waals surface area contributed by atoms with Gasteiger partial charge in [0.2, 0.25) is 0 Å². The second kappa shape index (κ2) is 8.41. The lowest BCUT2D eigenvalue weighted by Gasteiger charge is -2.19. The fourth-order valence-electron chi connectivity index (χ4n) is 3.44. The van der Waals surface area contributed by atoms with Gasteiger partial charge in [-0.2, -0.15) is 0 Å². The summed E-state index contributed by atoms with van der Waals surface area (Å²) in [5.74, 6) is 0.616. The van der Waals surface area contributed by atoms with Gasteiger partial charge in [-0.3, -0.25) is 4.79 Å². The lowest BCUT2D eigenvalue weighted by atomic mass is 10.1. The summed E-state index contributed by atoms with van der Waals surface area (Å²) in [6, 6.07) is 19.4. The molecule has 0 N–H and O–H groups in total. The molecule has 0 spiro atoms. The summed E-state index contributed by atoms with van der Waals surface area (Å²) in [4.78, 5) is 19.2. The number of aryl methyl sites for hydroxylation is 2. The van der Waals surface area contributed by atoms with Crippen molar-refractivity contribution >= 4 is 11.6 Å². The molecule has 1 amide bonds. The van der Waals surface area contributed by atoms with Crippen molar-refractivity contribution in [2.75, 3.05) is 7.05 Å². The molecule has 0 aliphatic carbocycles. The maximum absolute atomic E-state index is 12.9. The molecule has 0 bridgehead atoms. The van der Waals surface area contributed by atoms with Gasteiger partial charge in [0.05, 0.1) is 5.69 Å². The molecule has 4 rings (SSSR count). The first-order valence-corrected chi connectivity index (χ1v) is 9.97. The third-order valence-electron chi connectivity index (χ3n) is 5.13. The summed E-state index contributed by atoms with van der Waals surface area (Å²) in [6.07, 6.45) is 4.00. The van der Waals surface area contributed by atoms with Crippen molar-refractivity contribution in [3.8, 4) is 5.75 Å². The van der Waals surface area contributed by atoms with Crippen LogP contribution in [-0.4, -0.2) is 27.2 Å². The van der Waals surface area contributed by atoms with Crippen LogP contribution < -0.4 is 4.74 Å². The minimum absolute atomic E-state index is 0.0353. The van der Waals surface area contributed by atoms with Gasteiger partial charge in [-0.1, -0.05) is 36.4 Å². The van der Waals surface area contributed by atoms with Gasteiger partial charge in [0.15, 0.2) is 0 Å². The zero-order chi connectivity index (χ0) is 21.1. The molecule has 2 aromatic carbocycles. The predicted octanol–water partition coefficient (Wildman–Crippen LogP) is 4.80. The molecule has 4 aromatic rings. The normalized spacial score (nSPS) is 10.9. The molecular weight excluding hydrogens is 374 g/mol. The van der Waals surface area contributed by atoms with E-state index in [2.05, 4.69) is 24.0 Å². The summed E-state index contributed by atoms with van der Waals surface area (Å²) < 4.78 is 7.91. The van der Waals surface area contributed by atoms with Gasteiger partial charge >= 0.3 is 0 Å². The van der Waals surface area contributed by atoms with Crippen molar-refractivity contribution in [3.63, 3.8) is 0 Å². The smallest absolute Gasteiger partial charge is 0.254 e. The zero-order valence-electron chi connectivity index (χ0n) is 17.5. The van der Waals surface area contributed by atoms with Crippen LogP contribution in [0.4, 0.5) is 0 Å². The van der Waals surface area contributed by atoms with Crippen LogP contribution in [-0.2, 0) is 13.2 Å². The van der Waals surface area contributed by atoms with Crippen molar-refractivity contribution in [1.82, 2.24) is 14.3 Å². The molecule has 2 heterocycles. The second-order valence-electron chi connectivity index (χ2n) is 7.61. The molecule has 0 aliphatic heterocycles. The van der Waals surface area contributed by atoms with E-state index < -0.39 is 0 Å². The SMILES string of the molecule is Cc1ccc2nc(COc3cccc(C(=O)N(C)Cc4ccccc4C)c3)cn2c1. The predicted molar refractivity (Wildman–Crippen MR) is 118 cm³/mol. The minimum Gasteiger partial charge on any atom is -0.487 e. The fourth-order valence-corrected chi connectivity index (χ4v) is 3.44. The number of rotatable bonds is 6. The highest BCUT2D eigenvalue weighted by atomic mass is 16.5. The topological polar surface area (TPSA) is 46.8 Å². The summed E-state index contributed by atoms with van der Waals surface area (Å²) in [6.45, 7) is 5.02. The number of benzene rings is 2. The van der Waals surface area contributed by atoms with E-state index in [1.807, 2.05) is 73.2 Å². The number of hydrogen-bond acceptors (Lipinski definition) is 3. The Kier molecular flexibility index (Phi) is 5.53. The van der Waals surface area contributed by atoms with E-state index in [1.165, 1.54) is 11.1 Å². The summed E-state index contributed by atoms with van der Waals surface area (Å²) in [5, 5.41) is 0. The summed E-state index contributed by atoms with van der Waals surface area (Å²) in [5.41, 5.74) is 5.83. The van der Waals surface area contributed by atoms with Gasteiger partial charge < -0.3 is 14.0 Å². The average Bonchev–Trinajstić information content (AvgIpc) is 3.15. The van der Waals surface area contributed by atoms with Gasteiger partial charge in [-0.05, 0) is 54.8 Å². The summed E-state index contributed by atoms with van der Waals surface area (Å²) >= 11 is 0. The van der Waals surface area contributed by atoms with Crippen molar-refractivity contribution in [1.29, 1.82) is 0 Å². The number of amides is 1. The van der Waals surface area contributed by atoms with E-state index in [9.17, 15) is 4.79 Å². The quantitative estimate of drug-likeness (QED) is 0.468. The van der Waals surface area contributed by atoms with E-state index in [1.54, 1.807) is 11.0 Å². The standard InChI is InChI=1S/C25H25N3O2/c1-18-11-12-24-26-22(16-28(24)14-18)17-30-23-10-6-9-20(13-23)25(29)27(3)15-21-8-5-4-7-19(21)2/h4-14,16H,15,17H2,1-3H3. The molecule has 5 nitrogen and oxygen atoms in total. The maximum Gasteiger partial charge on any atom is 0.254 e. The molecule has 5 heteroatoms. The van der Waals surface area contributed by atoms with Gasteiger partial charge in [-0.15, -0.1) is 0 Å². The minimum atomic E-state index is -0.0353. The zero-order valence-corrected chi connectivity index (χ0v) is 17.5. The highest BCUT2D eigenvalue weighted by Gasteiger charge is 2.14. The van der Waals surface area contributed by atoms with E-state index in [0.29, 0.717) is 24.5 Å². The average molecular weight is 399 g/mol. The molecule has 0 saturated heterocycles. The molecule has 30 heavy (non-hydrogen) atoms. The first-order chi connectivity index (χ1) is 14.5. The van der Waals surface area contributed by atoms with Gasteiger partial charge in [0.25, 0.3) is 5.91 Å². The van der Waals surface area contributed by atoms with Gasteiger partial charge in [-0.25, -0.2) is 4.98 Å². The number of carbonyl (C=O) groups excluding carboxylic acids is 1. The lowest BCUT2D eigenvalue weighted by Crippen LogP contribution is -2.26. The van der Waals surface area contributed by atoms with Gasteiger partial charge in [0.1, 0.15) is 18.0 Å². The lowest BCUT2D eigenvalue weighted by molar-refractivity contribution is 0.0784. The van der Waals surface area contributed by atoms with Crippen LogP contribution in [0.5, 0.6) is 5.75 Å². The number of carbonyl (C=O) groups is 1. The molecular formula is C25H25N3O2. The van der Waals surface area contributed by atoms with Crippen LogP contribution in [0.25, 0.3) is 5.65 Å². The van der Waals surface area contributed by atoms with Crippen molar-refractivity contribution in [2.24, 2.45) is 0 Å². The van der Waals surface area contributed by atoms with Crippen LogP contribution in [0.3, 0.4) is 0 Å². The van der Waals surface area contributed by atoms with Crippen LogP contribution in [0.2, 0.25) is 0 Å². The third-order valence-corrected chi connectivity index (χ3v) is 5.13. The fraction of sp³-hybridized carbons (Fsp3) is 0.200. The number of hydrogen-bond donors (Lipinski definition) is 0. The highest BCUT2D eigenvalue weighted by molar-refractivity contribution is 5.94. The van der Waals surface area contributed by atoms with Crippen LogP contribution >= 0.6 is 0 Å². The Morgan fingerprint density at radius 3 is 2.70 bits per heavy atom. The van der Waals surface area contributed by atoms with Crippen LogP contribution in [0.1, 0.15) is 32.7 Å². The molecule has 0 aliphatic rings. The molecule has 0 saturated carbocycles. The Balaban J connectivity index is 1.43. The van der Waals surface area contributed by atoms with Crippen LogP contribution in [0.15, 0.2) is 73.1 Å².